The maximum Gasteiger partial charge on any atom is 0.0738 e. The third-order valence-electron chi connectivity index (χ3n) is 9.02. The summed E-state index contributed by atoms with van der Waals surface area (Å²) in [5.74, 6) is 0.381. The van der Waals surface area contributed by atoms with E-state index in [1.54, 1.807) is 0 Å². The first kappa shape index (κ1) is 31.7. The molecular formula is C40H43N7. The zero-order chi connectivity index (χ0) is 33.1. The molecule has 3 aliphatic rings. The Labute approximate surface area is 276 Å². The fourth-order valence-electron chi connectivity index (χ4n) is 6.32. The number of nitrogen functional groups attached to an aromatic ring is 2. The molecule has 3 unspecified atom stereocenters. The van der Waals surface area contributed by atoms with Gasteiger partial charge in [0, 0.05) is 50.9 Å². The molecule has 238 valence electrons. The lowest BCUT2D eigenvalue weighted by Crippen LogP contribution is -2.33. The predicted molar refractivity (Wildman–Crippen MR) is 200 cm³/mol. The summed E-state index contributed by atoms with van der Waals surface area (Å²) in [5, 5.41) is 5.37. The molecule has 2 aliphatic heterocycles. The minimum absolute atomic E-state index is 0.0102. The largest absolute Gasteiger partial charge is 0.399 e. The summed E-state index contributed by atoms with van der Waals surface area (Å²) in [6, 6.07) is 20.1. The van der Waals surface area contributed by atoms with Crippen LogP contribution in [0.25, 0.3) is 23.3 Å². The molecule has 0 saturated carbocycles. The maximum atomic E-state index is 6.18. The van der Waals surface area contributed by atoms with Crippen LogP contribution in [0.3, 0.4) is 0 Å². The molecule has 6 rings (SSSR count). The van der Waals surface area contributed by atoms with Gasteiger partial charge in [-0.2, -0.15) is 0 Å². The zero-order valence-electron chi connectivity index (χ0n) is 27.3. The number of nitrogens with zero attached hydrogens (tertiary/aromatic N) is 2. The molecule has 3 aromatic rings. The van der Waals surface area contributed by atoms with Crippen LogP contribution < -0.4 is 33.2 Å². The van der Waals surface area contributed by atoms with Gasteiger partial charge in [-0.05, 0) is 96.8 Å². The number of nitrogens with two attached hydrogens (primary N) is 3. The Bertz CT molecular complexity index is 2030. The van der Waals surface area contributed by atoms with Gasteiger partial charge in [0.2, 0.25) is 0 Å². The van der Waals surface area contributed by atoms with E-state index < -0.39 is 0 Å². The van der Waals surface area contributed by atoms with Crippen molar-refractivity contribution in [3.8, 4) is 0 Å². The Morgan fingerprint density at radius 1 is 0.851 bits per heavy atom. The summed E-state index contributed by atoms with van der Waals surface area (Å²) in [7, 11) is 2.01. The monoisotopic (exact) mass is 621 g/mol. The lowest BCUT2D eigenvalue weighted by molar-refractivity contribution is 0.458. The Kier molecular flexibility index (Phi) is 9.20. The number of benzene rings is 2. The van der Waals surface area contributed by atoms with Gasteiger partial charge in [-0.3, -0.25) is 0 Å². The molecule has 3 heterocycles. The second-order valence-electron chi connectivity index (χ2n) is 12.3. The molecule has 7 heteroatoms. The molecule has 0 radical (unpaired) electrons. The van der Waals surface area contributed by atoms with Crippen LogP contribution in [-0.4, -0.2) is 35.5 Å². The Morgan fingerprint density at radius 2 is 1.47 bits per heavy atom. The Morgan fingerprint density at radius 3 is 2.04 bits per heavy atom. The fourth-order valence-corrected chi connectivity index (χ4v) is 6.32. The van der Waals surface area contributed by atoms with Crippen LogP contribution in [-0.2, 0) is 0 Å². The number of aromatic nitrogens is 1. The fraction of sp³-hybridized carbons (Fsp3) is 0.200. The summed E-state index contributed by atoms with van der Waals surface area (Å²) in [6.45, 7) is 8.57. The highest BCUT2D eigenvalue weighted by molar-refractivity contribution is 6.35. The summed E-state index contributed by atoms with van der Waals surface area (Å²) < 4.78 is 0. The molecule has 2 aromatic carbocycles. The van der Waals surface area contributed by atoms with E-state index in [4.69, 9.17) is 27.2 Å². The zero-order valence-corrected chi connectivity index (χ0v) is 27.3. The molecular weight excluding hydrogens is 578 g/mol. The van der Waals surface area contributed by atoms with Gasteiger partial charge in [0.05, 0.1) is 22.8 Å². The minimum Gasteiger partial charge on any atom is -0.399 e. The van der Waals surface area contributed by atoms with Crippen molar-refractivity contribution in [2.45, 2.75) is 38.8 Å². The van der Waals surface area contributed by atoms with Gasteiger partial charge in [-0.15, -0.1) is 0 Å². The molecule has 3 atom stereocenters. The van der Waals surface area contributed by atoms with Gasteiger partial charge in [-0.1, -0.05) is 69.3 Å². The van der Waals surface area contributed by atoms with Crippen LogP contribution in [0.2, 0.25) is 0 Å². The van der Waals surface area contributed by atoms with Gasteiger partial charge in [0.15, 0.2) is 0 Å². The number of H-pyrrole nitrogens is 1. The van der Waals surface area contributed by atoms with Gasteiger partial charge >= 0.3 is 0 Å². The molecule has 0 fully saturated rings. The Hall–Kier alpha value is -5.24. The van der Waals surface area contributed by atoms with Gasteiger partial charge in [-0.25, -0.2) is 9.98 Å². The highest BCUT2D eigenvalue weighted by Gasteiger charge is 2.27. The van der Waals surface area contributed by atoms with Crippen molar-refractivity contribution in [2.75, 3.05) is 18.5 Å². The first-order valence-corrected chi connectivity index (χ1v) is 16.2. The number of anilines is 2. The van der Waals surface area contributed by atoms with Crippen molar-refractivity contribution >= 4 is 46.1 Å². The summed E-state index contributed by atoms with van der Waals surface area (Å²) in [6.07, 6.45) is 16.4. The molecule has 7 nitrogen and oxygen atoms in total. The van der Waals surface area contributed by atoms with Crippen LogP contribution in [0.5, 0.6) is 0 Å². The molecule has 1 aliphatic carbocycles. The number of aromatic amines is 1. The molecule has 47 heavy (non-hydrogen) atoms. The first-order valence-electron chi connectivity index (χ1n) is 16.2. The van der Waals surface area contributed by atoms with Crippen molar-refractivity contribution in [1.29, 1.82) is 0 Å². The van der Waals surface area contributed by atoms with E-state index >= 15 is 0 Å². The molecule has 0 spiro atoms. The van der Waals surface area contributed by atoms with E-state index in [2.05, 4.69) is 85.4 Å². The van der Waals surface area contributed by atoms with Crippen LogP contribution in [0.1, 0.15) is 37.8 Å². The maximum absolute atomic E-state index is 6.18. The van der Waals surface area contributed by atoms with Crippen LogP contribution in [0, 0.1) is 5.92 Å². The normalized spacial score (nSPS) is 21.3. The van der Waals surface area contributed by atoms with Crippen molar-refractivity contribution in [3.63, 3.8) is 0 Å². The topological polar surface area (TPSA) is 131 Å². The number of allylic oxidation sites excluding steroid dienone is 7. The Balaban J connectivity index is 1.54. The number of nitrogens with one attached hydrogen (secondary N) is 2. The third-order valence-corrected chi connectivity index (χ3v) is 9.02. The summed E-state index contributed by atoms with van der Waals surface area (Å²) in [4.78, 5) is 14.0. The minimum atomic E-state index is 0.0102. The second kappa shape index (κ2) is 13.6. The second-order valence-corrected chi connectivity index (χ2v) is 12.3. The van der Waals surface area contributed by atoms with E-state index in [1.807, 2.05) is 55.6 Å². The van der Waals surface area contributed by atoms with E-state index in [-0.39, 0.29) is 12.1 Å². The van der Waals surface area contributed by atoms with E-state index in [9.17, 15) is 0 Å². The van der Waals surface area contributed by atoms with Gasteiger partial charge in [0.1, 0.15) is 0 Å². The van der Waals surface area contributed by atoms with E-state index in [0.29, 0.717) is 11.6 Å². The first-order chi connectivity index (χ1) is 22.7. The van der Waals surface area contributed by atoms with Crippen LogP contribution in [0.15, 0.2) is 130 Å². The highest BCUT2D eigenvalue weighted by Crippen LogP contribution is 2.36. The SMILES string of the molecule is C=c1ccc(=C(C2=CCC(N)C=C2)C2=NC(=C(C3=N/C(=C(/c4ccc(N)cc4)C(NC)C(C)CC)C=C3)c3ccc(N)cc3)C=C2)[nH]1. The lowest BCUT2D eigenvalue weighted by atomic mass is 9.87. The van der Waals surface area contributed by atoms with Gasteiger partial charge < -0.3 is 27.5 Å². The van der Waals surface area contributed by atoms with Crippen LogP contribution >= 0.6 is 0 Å². The number of rotatable bonds is 9. The predicted octanol–water partition coefficient (Wildman–Crippen LogP) is 5.43. The summed E-state index contributed by atoms with van der Waals surface area (Å²) >= 11 is 0. The third kappa shape index (κ3) is 6.68. The highest BCUT2D eigenvalue weighted by atomic mass is 14.9. The van der Waals surface area contributed by atoms with Crippen molar-refractivity contribution in [1.82, 2.24) is 10.3 Å². The average molecular weight is 622 g/mol. The lowest BCUT2D eigenvalue weighted by Gasteiger charge is -2.27. The van der Waals surface area contributed by atoms with E-state index in [0.717, 1.165) is 85.5 Å². The number of aliphatic imine (C=N–C) groups is 2. The van der Waals surface area contributed by atoms with Crippen molar-refractivity contribution in [3.05, 3.63) is 142 Å². The molecule has 8 N–H and O–H groups in total. The van der Waals surface area contributed by atoms with Crippen molar-refractivity contribution < 1.29 is 0 Å². The van der Waals surface area contributed by atoms with E-state index in [1.165, 1.54) is 0 Å². The molecule has 0 bridgehead atoms. The molecule has 0 amide bonds. The number of likely N-dealkylation sites (N-methyl/N-ethyl adjacent to an activating group) is 1. The standard InChI is InChI=1S/C40H43N7/c1-5-24(2)40(44-4)39(28-11-17-31(43)18-12-28)36-23-22-35(47-36)38(27-9-15-30(42)16-10-27)34-21-20-33(46-34)37(32-19-6-25(3)45-32)26-7-13-29(41)14-8-26/h6-13,15-24,29,40,44-45H,3,5,14,41-43H2,1-2,4H3/b37-32?,38-34?,39-36-. The van der Waals surface area contributed by atoms with Crippen molar-refractivity contribution in [2.24, 2.45) is 21.6 Å². The number of hydrogen-bond donors (Lipinski definition) is 5. The average Bonchev–Trinajstić information content (AvgIpc) is 3.85. The number of hydrogen-bond acceptors (Lipinski definition) is 6. The summed E-state index contributed by atoms with van der Waals surface area (Å²) in [5.41, 5.74) is 29.5. The molecule has 0 saturated heterocycles. The smallest absolute Gasteiger partial charge is 0.0738 e. The quantitative estimate of drug-likeness (QED) is 0.204. The van der Waals surface area contributed by atoms with Gasteiger partial charge in [0.25, 0.3) is 0 Å². The van der Waals surface area contributed by atoms with Crippen LogP contribution in [0.4, 0.5) is 11.4 Å². The molecule has 1 aromatic heterocycles.